The Labute approximate surface area is 112 Å². The van der Waals surface area contributed by atoms with Gasteiger partial charge < -0.3 is 10.1 Å². The molecule has 0 aliphatic rings. The number of hydrogen-bond donors (Lipinski definition) is 2. The van der Waals surface area contributed by atoms with Gasteiger partial charge in [-0.3, -0.25) is 4.98 Å². The van der Waals surface area contributed by atoms with Crippen LogP contribution in [0.25, 0.3) is 0 Å². The Kier molecular flexibility index (Phi) is 3.69. The van der Waals surface area contributed by atoms with Crippen LogP contribution in [0.1, 0.15) is 0 Å². The van der Waals surface area contributed by atoms with Crippen LogP contribution in [0.5, 0.6) is 5.75 Å². The average molecular weight is 287 g/mol. The van der Waals surface area contributed by atoms with Crippen LogP contribution in [0.2, 0.25) is 10.3 Å². The summed E-state index contributed by atoms with van der Waals surface area (Å²) in [6.07, 6.45) is 0. The van der Waals surface area contributed by atoms with Crippen LogP contribution in [0.15, 0.2) is 23.0 Å². The highest BCUT2D eigenvalue weighted by Crippen LogP contribution is 2.28. The van der Waals surface area contributed by atoms with E-state index in [4.69, 9.17) is 27.9 Å². The van der Waals surface area contributed by atoms with Gasteiger partial charge in [0.2, 0.25) is 11.2 Å². The van der Waals surface area contributed by atoms with Crippen molar-refractivity contribution in [2.45, 2.75) is 0 Å². The monoisotopic (exact) mass is 286 g/mol. The zero-order chi connectivity index (χ0) is 13.1. The van der Waals surface area contributed by atoms with Gasteiger partial charge in [0, 0.05) is 5.69 Å². The molecular weight excluding hydrogens is 279 g/mol. The summed E-state index contributed by atoms with van der Waals surface area (Å²) >= 11 is 11.6. The van der Waals surface area contributed by atoms with Crippen molar-refractivity contribution in [2.75, 3.05) is 12.4 Å². The highest BCUT2D eigenvalue weighted by atomic mass is 35.5. The second kappa shape index (κ2) is 5.24. The molecule has 8 heteroatoms. The van der Waals surface area contributed by atoms with Gasteiger partial charge in [-0.1, -0.05) is 11.6 Å². The number of anilines is 2. The first-order valence-corrected chi connectivity index (χ1v) is 5.58. The van der Waals surface area contributed by atoms with E-state index >= 15 is 0 Å². The number of H-pyrrole nitrogens is 1. The van der Waals surface area contributed by atoms with Crippen LogP contribution in [0.4, 0.5) is 11.6 Å². The maximum Gasteiger partial charge on any atom is 0.350 e. The second-order valence-corrected chi connectivity index (χ2v) is 4.01. The Hall–Kier alpha value is -1.79. The first-order valence-electron chi connectivity index (χ1n) is 4.83. The smallest absolute Gasteiger partial charge is 0.350 e. The minimum absolute atomic E-state index is 0.0443. The maximum atomic E-state index is 11.1. The number of aromatic amines is 1. The molecule has 2 N–H and O–H groups in total. The SMILES string of the molecule is COc1ccc(Nc2nc(Cl)[nH]c(=O)n2)cc1Cl. The number of halogens is 2. The molecule has 1 heterocycles. The Balaban J connectivity index is 2.28. The van der Waals surface area contributed by atoms with Gasteiger partial charge in [-0.25, -0.2) is 4.79 Å². The summed E-state index contributed by atoms with van der Waals surface area (Å²) in [4.78, 5) is 20.7. The van der Waals surface area contributed by atoms with Crippen molar-refractivity contribution in [1.82, 2.24) is 15.0 Å². The van der Waals surface area contributed by atoms with Crippen LogP contribution in [0, 0.1) is 0 Å². The molecule has 94 valence electrons. The highest BCUT2D eigenvalue weighted by molar-refractivity contribution is 6.32. The van der Waals surface area contributed by atoms with Crippen molar-refractivity contribution in [3.8, 4) is 5.75 Å². The summed E-state index contributed by atoms with van der Waals surface area (Å²) in [5, 5.41) is 3.20. The molecule has 1 aromatic carbocycles. The minimum Gasteiger partial charge on any atom is -0.495 e. The van der Waals surface area contributed by atoms with E-state index in [1.807, 2.05) is 0 Å². The van der Waals surface area contributed by atoms with E-state index in [0.717, 1.165) is 0 Å². The molecule has 1 aromatic heterocycles. The fourth-order valence-corrected chi connectivity index (χ4v) is 1.71. The number of methoxy groups -OCH3 is 1. The fraction of sp³-hybridized carbons (Fsp3) is 0.100. The molecular formula is C10H8Cl2N4O2. The summed E-state index contributed by atoms with van der Waals surface area (Å²) in [7, 11) is 1.52. The number of nitrogens with zero attached hydrogens (tertiary/aromatic N) is 2. The molecule has 0 aliphatic heterocycles. The topological polar surface area (TPSA) is 79.9 Å². The van der Waals surface area contributed by atoms with Gasteiger partial charge in [0.15, 0.2) is 0 Å². The highest BCUT2D eigenvalue weighted by Gasteiger charge is 2.05. The molecule has 0 radical (unpaired) electrons. The molecule has 0 amide bonds. The quantitative estimate of drug-likeness (QED) is 0.904. The molecule has 18 heavy (non-hydrogen) atoms. The summed E-state index contributed by atoms with van der Waals surface area (Å²) in [6.45, 7) is 0. The summed E-state index contributed by atoms with van der Waals surface area (Å²) in [5.74, 6) is 0.636. The Morgan fingerprint density at radius 3 is 2.72 bits per heavy atom. The normalized spacial score (nSPS) is 10.2. The fourth-order valence-electron chi connectivity index (χ4n) is 1.29. The molecule has 2 aromatic rings. The van der Waals surface area contributed by atoms with Gasteiger partial charge >= 0.3 is 5.69 Å². The van der Waals surface area contributed by atoms with Gasteiger partial charge in [0.25, 0.3) is 0 Å². The Bertz CT molecular complexity index is 630. The van der Waals surface area contributed by atoms with Crippen LogP contribution < -0.4 is 15.7 Å². The lowest BCUT2D eigenvalue weighted by Crippen LogP contribution is -2.14. The Morgan fingerprint density at radius 2 is 2.11 bits per heavy atom. The van der Waals surface area contributed by atoms with Crippen LogP contribution in [-0.4, -0.2) is 22.1 Å². The van der Waals surface area contributed by atoms with Crippen molar-refractivity contribution in [3.63, 3.8) is 0 Å². The first-order chi connectivity index (χ1) is 8.58. The average Bonchev–Trinajstić information content (AvgIpc) is 2.27. The van der Waals surface area contributed by atoms with E-state index in [1.54, 1.807) is 18.2 Å². The largest absolute Gasteiger partial charge is 0.495 e. The number of ether oxygens (including phenoxy) is 1. The van der Waals surface area contributed by atoms with E-state index in [9.17, 15) is 4.79 Å². The third kappa shape index (κ3) is 2.91. The van der Waals surface area contributed by atoms with E-state index in [1.165, 1.54) is 7.11 Å². The van der Waals surface area contributed by atoms with Crippen LogP contribution >= 0.6 is 23.2 Å². The molecule has 0 atom stereocenters. The molecule has 0 bridgehead atoms. The first kappa shape index (κ1) is 12.7. The van der Waals surface area contributed by atoms with E-state index < -0.39 is 5.69 Å². The standard InChI is InChI=1S/C10H8Cl2N4O2/c1-18-7-3-2-5(4-6(7)11)13-9-14-8(12)15-10(17)16-9/h2-4H,1H3,(H2,13,14,15,16,17). The van der Waals surface area contributed by atoms with E-state index in [-0.39, 0.29) is 11.2 Å². The predicted octanol–water partition coefficient (Wildman–Crippen LogP) is 2.22. The van der Waals surface area contributed by atoms with Crippen molar-refractivity contribution >= 4 is 34.8 Å². The third-order valence-corrected chi connectivity index (χ3v) is 2.50. The van der Waals surface area contributed by atoms with Crippen molar-refractivity contribution < 1.29 is 4.74 Å². The molecule has 0 saturated heterocycles. The van der Waals surface area contributed by atoms with Gasteiger partial charge in [-0.15, -0.1) is 0 Å². The predicted molar refractivity (Wildman–Crippen MR) is 68.9 cm³/mol. The van der Waals surface area contributed by atoms with Crippen molar-refractivity contribution in [1.29, 1.82) is 0 Å². The molecule has 6 nitrogen and oxygen atoms in total. The van der Waals surface area contributed by atoms with Crippen LogP contribution in [0.3, 0.4) is 0 Å². The van der Waals surface area contributed by atoms with E-state index in [0.29, 0.717) is 16.5 Å². The van der Waals surface area contributed by atoms with E-state index in [2.05, 4.69) is 20.3 Å². The number of benzene rings is 1. The summed E-state index contributed by atoms with van der Waals surface area (Å²) < 4.78 is 5.02. The number of nitrogens with one attached hydrogen (secondary N) is 2. The second-order valence-electron chi connectivity index (χ2n) is 3.24. The van der Waals surface area contributed by atoms with Crippen LogP contribution in [-0.2, 0) is 0 Å². The van der Waals surface area contributed by atoms with Gasteiger partial charge in [-0.05, 0) is 29.8 Å². The number of aromatic nitrogens is 3. The lowest BCUT2D eigenvalue weighted by Gasteiger charge is -2.07. The molecule has 0 unspecified atom stereocenters. The summed E-state index contributed by atoms with van der Waals surface area (Å²) in [6, 6.07) is 5.02. The number of hydrogen-bond acceptors (Lipinski definition) is 5. The van der Waals surface area contributed by atoms with Gasteiger partial charge in [0.05, 0.1) is 12.1 Å². The molecule has 2 rings (SSSR count). The van der Waals surface area contributed by atoms with Gasteiger partial charge in [-0.2, -0.15) is 9.97 Å². The van der Waals surface area contributed by atoms with Crippen molar-refractivity contribution in [2.24, 2.45) is 0 Å². The summed E-state index contributed by atoms with van der Waals surface area (Å²) in [5.41, 5.74) is 0.0274. The zero-order valence-corrected chi connectivity index (χ0v) is 10.7. The molecule has 0 saturated carbocycles. The zero-order valence-electron chi connectivity index (χ0n) is 9.20. The molecule has 0 spiro atoms. The van der Waals surface area contributed by atoms with Crippen molar-refractivity contribution in [3.05, 3.63) is 39.0 Å². The van der Waals surface area contributed by atoms with Gasteiger partial charge in [0.1, 0.15) is 5.75 Å². The Morgan fingerprint density at radius 1 is 1.33 bits per heavy atom. The maximum absolute atomic E-state index is 11.1. The molecule has 0 aliphatic carbocycles. The lowest BCUT2D eigenvalue weighted by atomic mass is 10.3. The molecule has 0 fully saturated rings. The lowest BCUT2D eigenvalue weighted by molar-refractivity contribution is 0.415. The third-order valence-electron chi connectivity index (χ3n) is 2.03. The number of rotatable bonds is 3. The minimum atomic E-state index is -0.586.